The molecule has 2 aromatic carbocycles. The maximum absolute atomic E-state index is 12.4. The number of benzene rings is 2. The molecular weight excluding hydrogens is 281 g/mol. The van der Waals surface area contributed by atoms with Crippen molar-refractivity contribution in [3.05, 3.63) is 69.8 Å². The van der Waals surface area contributed by atoms with Crippen molar-refractivity contribution in [2.24, 2.45) is 0 Å². The molecule has 0 spiro atoms. The maximum atomic E-state index is 12.4. The van der Waals surface area contributed by atoms with Crippen molar-refractivity contribution in [1.29, 1.82) is 0 Å². The van der Waals surface area contributed by atoms with Gasteiger partial charge >= 0.3 is 0 Å². The number of H-pyrrole nitrogens is 1. The van der Waals surface area contributed by atoms with Crippen LogP contribution >= 0.6 is 23.2 Å². The van der Waals surface area contributed by atoms with E-state index in [4.69, 9.17) is 23.2 Å². The topological polar surface area (TPSA) is 32.9 Å². The van der Waals surface area contributed by atoms with E-state index in [0.717, 1.165) is 10.9 Å². The lowest BCUT2D eigenvalue weighted by Crippen LogP contribution is -1.99. The van der Waals surface area contributed by atoms with Gasteiger partial charge in [-0.2, -0.15) is 0 Å². The van der Waals surface area contributed by atoms with Crippen molar-refractivity contribution in [1.82, 2.24) is 4.98 Å². The minimum atomic E-state index is -0.0592. The maximum Gasteiger partial charge on any atom is 0.195 e. The Morgan fingerprint density at radius 1 is 1.00 bits per heavy atom. The largest absolute Gasteiger partial charge is 0.360 e. The first-order valence-corrected chi connectivity index (χ1v) is 6.47. The molecule has 0 aliphatic heterocycles. The van der Waals surface area contributed by atoms with Crippen LogP contribution in [0.25, 0.3) is 10.9 Å². The third-order valence-corrected chi connectivity index (χ3v) is 3.45. The zero-order valence-corrected chi connectivity index (χ0v) is 11.3. The Balaban J connectivity index is 2.12. The molecule has 1 heterocycles. The second-order valence-corrected chi connectivity index (χ2v) is 5.10. The zero-order valence-electron chi connectivity index (χ0n) is 9.78. The number of ketones is 1. The van der Waals surface area contributed by atoms with Crippen LogP contribution in [0.1, 0.15) is 15.9 Å². The van der Waals surface area contributed by atoms with Gasteiger partial charge in [0.25, 0.3) is 0 Å². The predicted octanol–water partition coefficient (Wildman–Crippen LogP) is 4.71. The van der Waals surface area contributed by atoms with Gasteiger partial charge in [0.1, 0.15) is 0 Å². The summed E-state index contributed by atoms with van der Waals surface area (Å²) in [6, 6.07) is 12.3. The van der Waals surface area contributed by atoms with Crippen LogP contribution in [0.2, 0.25) is 10.0 Å². The highest BCUT2D eigenvalue weighted by molar-refractivity contribution is 6.32. The van der Waals surface area contributed by atoms with E-state index < -0.39 is 0 Å². The Morgan fingerprint density at radius 2 is 1.79 bits per heavy atom. The van der Waals surface area contributed by atoms with Crippen molar-refractivity contribution >= 4 is 39.9 Å². The highest BCUT2D eigenvalue weighted by atomic mass is 35.5. The molecule has 2 nitrogen and oxygen atoms in total. The fraction of sp³-hybridized carbons (Fsp3) is 0. The lowest BCUT2D eigenvalue weighted by Gasteiger charge is -2.00. The average Bonchev–Trinajstić information content (AvgIpc) is 2.80. The van der Waals surface area contributed by atoms with Crippen LogP contribution in [0.3, 0.4) is 0 Å². The van der Waals surface area contributed by atoms with Gasteiger partial charge in [-0.25, -0.2) is 0 Å². The minimum Gasteiger partial charge on any atom is -0.360 e. The summed E-state index contributed by atoms with van der Waals surface area (Å²) in [5, 5.41) is 2.04. The molecule has 0 unspecified atom stereocenters. The van der Waals surface area contributed by atoms with Crippen LogP contribution in [0.15, 0.2) is 48.7 Å². The summed E-state index contributed by atoms with van der Waals surface area (Å²) in [6.07, 6.45) is 1.70. The monoisotopic (exact) mass is 289 g/mol. The van der Waals surface area contributed by atoms with Gasteiger partial charge in [0.05, 0.1) is 0 Å². The molecule has 4 heteroatoms. The molecule has 0 saturated heterocycles. The van der Waals surface area contributed by atoms with Crippen molar-refractivity contribution < 1.29 is 4.79 Å². The van der Waals surface area contributed by atoms with E-state index in [9.17, 15) is 4.79 Å². The molecular formula is C15H9Cl2NO. The summed E-state index contributed by atoms with van der Waals surface area (Å²) in [5.41, 5.74) is 2.04. The molecule has 0 fully saturated rings. The molecule has 3 aromatic rings. The number of carbonyl (C=O) groups excluding carboxylic acids is 1. The van der Waals surface area contributed by atoms with Crippen LogP contribution in [0.4, 0.5) is 0 Å². The van der Waals surface area contributed by atoms with Crippen LogP contribution < -0.4 is 0 Å². The first-order valence-electron chi connectivity index (χ1n) is 5.72. The fourth-order valence-corrected chi connectivity index (χ4v) is 2.43. The molecule has 0 aliphatic carbocycles. The summed E-state index contributed by atoms with van der Waals surface area (Å²) in [7, 11) is 0. The van der Waals surface area contributed by atoms with E-state index in [1.165, 1.54) is 0 Å². The molecule has 0 amide bonds. The van der Waals surface area contributed by atoms with Crippen LogP contribution in [0.5, 0.6) is 0 Å². The van der Waals surface area contributed by atoms with Crippen molar-refractivity contribution in [2.75, 3.05) is 0 Å². The van der Waals surface area contributed by atoms with Crippen LogP contribution in [-0.2, 0) is 0 Å². The third kappa shape index (κ3) is 2.25. The average molecular weight is 290 g/mol. The Kier molecular flexibility index (Phi) is 3.05. The van der Waals surface area contributed by atoms with E-state index in [0.29, 0.717) is 21.2 Å². The van der Waals surface area contributed by atoms with E-state index in [1.807, 2.05) is 6.07 Å². The molecule has 0 radical (unpaired) electrons. The van der Waals surface area contributed by atoms with Gasteiger partial charge in [-0.3, -0.25) is 4.79 Å². The second-order valence-electron chi connectivity index (χ2n) is 4.23. The number of hydrogen-bond donors (Lipinski definition) is 1. The Bertz CT molecular complexity index is 777. The third-order valence-electron chi connectivity index (χ3n) is 2.98. The molecule has 94 valence electrons. The summed E-state index contributed by atoms with van der Waals surface area (Å²) in [6.45, 7) is 0. The van der Waals surface area contributed by atoms with Gasteiger partial charge in [0, 0.05) is 38.3 Å². The summed E-state index contributed by atoms with van der Waals surface area (Å²) >= 11 is 11.8. The number of carbonyl (C=O) groups is 1. The smallest absolute Gasteiger partial charge is 0.195 e. The van der Waals surface area contributed by atoms with Gasteiger partial charge in [0.15, 0.2) is 5.78 Å². The van der Waals surface area contributed by atoms with Crippen molar-refractivity contribution in [3.63, 3.8) is 0 Å². The van der Waals surface area contributed by atoms with E-state index >= 15 is 0 Å². The molecule has 0 bridgehead atoms. The van der Waals surface area contributed by atoms with E-state index in [2.05, 4.69) is 4.98 Å². The molecule has 0 saturated carbocycles. The minimum absolute atomic E-state index is 0.0592. The zero-order chi connectivity index (χ0) is 13.4. The molecule has 1 aromatic heterocycles. The van der Waals surface area contributed by atoms with Gasteiger partial charge < -0.3 is 4.98 Å². The lowest BCUT2D eigenvalue weighted by molar-refractivity contribution is 0.104. The standard InChI is InChI=1S/C15H9Cl2NO/c16-10-3-1-2-9(6-10)15(19)13-8-18-14-7-11(17)4-5-12(13)14/h1-8,18H. The summed E-state index contributed by atoms with van der Waals surface area (Å²) in [4.78, 5) is 15.5. The van der Waals surface area contributed by atoms with E-state index in [1.54, 1.807) is 42.6 Å². The normalized spacial score (nSPS) is 10.8. The first kappa shape index (κ1) is 12.3. The summed E-state index contributed by atoms with van der Waals surface area (Å²) in [5.74, 6) is -0.0592. The quantitative estimate of drug-likeness (QED) is 0.681. The first-order chi connectivity index (χ1) is 9.15. The van der Waals surface area contributed by atoms with E-state index in [-0.39, 0.29) is 5.78 Å². The molecule has 19 heavy (non-hydrogen) atoms. The summed E-state index contributed by atoms with van der Waals surface area (Å²) < 4.78 is 0. The highest BCUT2D eigenvalue weighted by Gasteiger charge is 2.14. The van der Waals surface area contributed by atoms with Crippen molar-refractivity contribution in [2.45, 2.75) is 0 Å². The van der Waals surface area contributed by atoms with Crippen LogP contribution in [0, 0.1) is 0 Å². The Labute approximate surface area is 120 Å². The van der Waals surface area contributed by atoms with Gasteiger partial charge in [0.2, 0.25) is 0 Å². The van der Waals surface area contributed by atoms with Gasteiger partial charge in [-0.1, -0.05) is 41.4 Å². The van der Waals surface area contributed by atoms with Gasteiger partial charge in [-0.05, 0) is 24.3 Å². The van der Waals surface area contributed by atoms with Gasteiger partial charge in [-0.15, -0.1) is 0 Å². The Morgan fingerprint density at radius 3 is 2.58 bits per heavy atom. The number of aromatic nitrogens is 1. The second kappa shape index (κ2) is 4.72. The molecule has 3 rings (SSSR count). The van der Waals surface area contributed by atoms with Crippen molar-refractivity contribution in [3.8, 4) is 0 Å². The lowest BCUT2D eigenvalue weighted by atomic mass is 10.0. The highest BCUT2D eigenvalue weighted by Crippen LogP contribution is 2.24. The number of halogens is 2. The Hall–Kier alpha value is -1.77. The van der Waals surface area contributed by atoms with Crippen LogP contribution in [-0.4, -0.2) is 10.8 Å². The fourth-order valence-electron chi connectivity index (χ4n) is 2.07. The number of rotatable bonds is 2. The number of hydrogen-bond acceptors (Lipinski definition) is 1. The molecule has 0 atom stereocenters. The molecule has 0 aliphatic rings. The number of fused-ring (bicyclic) bond motifs is 1. The SMILES string of the molecule is O=C(c1cccc(Cl)c1)c1c[nH]c2cc(Cl)ccc12. The number of nitrogens with one attached hydrogen (secondary N) is 1. The predicted molar refractivity (Wildman–Crippen MR) is 78.2 cm³/mol. The number of aromatic amines is 1. The molecule has 1 N–H and O–H groups in total.